The van der Waals surface area contributed by atoms with Crippen LogP contribution < -0.4 is 5.73 Å². The SMILES string of the molecule is N#Cc1cnn(C(=O)CCn2ccc3ccccc32)c1N. The van der Waals surface area contributed by atoms with E-state index < -0.39 is 0 Å². The van der Waals surface area contributed by atoms with Crippen molar-refractivity contribution >= 4 is 22.6 Å². The molecule has 0 radical (unpaired) electrons. The molecule has 3 rings (SSSR count). The Bertz CT molecular complexity index is 852. The minimum atomic E-state index is -0.230. The van der Waals surface area contributed by atoms with Crippen LogP contribution in [0.5, 0.6) is 0 Å². The van der Waals surface area contributed by atoms with Crippen LogP contribution in [0.15, 0.2) is 42.7 Å². The molecule has 0 amide bonds. The maximum absolute atomic E-state index is 12.1. The molecule has 0 aliphatic rings. The lowest BCUT2D eigenvalue weighted by atomic mass is 10.2. The number of hydrogen-bond acceptors (Lipinski definition) is 4. The molecule has 3 aromatic rings. The lowest BCUT2D eigenvalue weighted by molar-refractivity contribution is 0.0884. The van der Waals surface area contributed by atoms with Crippen LogP contribution in [-0.4, -0.2) is 20.3 Å². The number of carbonyl (C=O) groups is 1. The molecule has 6 nitrogen and oxygen atoms in total. The summed E-state index contributed by atoms with van der Waals surface area (Å²) in [5.74, 6) is -0.133. The number of anilines is 1. The fraction of sp³-hybridized carbons (Fsp3) is 0.133. The molecule has 0 aliphatic carbocycles. The first-order chi connectivity index (χ1) is 10.2. The zero-order valence-electron chi connectivity index (χ0n) is 11.2. The summed E-state index contributed by atoms with van der Waals surface area (Å²) in [7, 11) is 0. The highest BCUT2D eigenvalue weighted by Crippen LogP contribution is 2.16. The third kappa shape index (κ3) is 2.25. The highest BCUT2D eigenvalue weighted by Gasteiger charge is 2.13. The van der Waals surface area contributed by atoms with Gasteiger partial charge in [-0.15, -0.1) is 0 Å². The zero-order chi connectivity index (χ0) is 14.8. The number of nitrogen functional groups attached to an aromatic ring is 1. The summed E-state index contributed by atoms with van der Waals surface area (Å²) in [6, 6.07) is 11.9. The van der Waals surface area contributed by atoms with Crippen molar-refractivity contribution in [2.45, 2.75) is 13.0 Å². The normalized spacial score (nSPS) is 10.6. The number of nitriles is 1. The van der Waals surface area contributed by atoms with Gasteiger partial charge in [-0.1, -0.05) is 18.2 Å². The molecule has 104 valence electrons. The van der Waals surface area contributed by atoms with Gasteiger partial charge in [0.1, 0.15) is 17.5 Å². The van der Waals surface area contributed by atoms with Crippen LogP contribution in [0, 0.1) is 11.3 Å². The van der Waals surface area contributed by atoms with Gasteiger partial charge in [-0.05, 0) is 17.5 Å². The fourth-order valence-corrected chi connectivity index (χ4v) is 2.30. The monoisotopic (exact) mass is 279 g/mol. The Balaban J connectivity index is 1.77. The molecule has 0 atom stereocenters. The topological polar surface area (TPSA) is 89.6 Å². The molecule has 0 fully saturated rings. The number of benzene rings is 1. The van der Waals surface area contributed by atoms with Crippen LogP contribution in [0.3, 0.4) is 0 Å². The summed E-state index contributed by atoms with van der Waals surface area (Å²) < 4.78 is 3.10. The van der Waals surface area contributed by atoms with Crippen molar-refractivity contribution in [3.63, 3.8) is 0 Å². The van der Waals surface area contributed by atoms with Crippen molar-refractivity contribution in [1.29, 1.82) is 5.26 Å². The minimum absolute atomic E-state index is 0.0971. The van der Waals surface area contributed by atoms with Gasteiger partial charge in [0.25, 0.3) is 5.91 Å². The van der Waals surface area contributed by atoms with E-state index in [0.717, 1.165) is 15.6 Å². The second-order valence-corrected chi connectivity index (χ2v) is 4.68. The molecule has 6 heteroatoms. The number of hydrogen-bond donors (Lipinski definition) is 1. The van der Waals surface area contributed by atoms with Crippen LogP contribution >= 0.6 is 0 Å². The van der Waals surface area contributed by atoms with Crippen molar-refractivity contribution in [2.24, 2.45) is 0 Å². The second-order valence-electron chi connectivity index (χ2n) is 4.68. The van der Waals surface area contributed by atoms with Crippen LogP contribution in [0.4, 0.5) is 5.82 Å². The Morgan fingerprint density at radius 1 is 1.33 bits per heavy atom. The molecular formula is C15H13N5O. The number of nitrogens with two attached hydrogens (primary N) is 1. The first-order valence-corrected chi connectivity index (χ1v) is 6.51. The quantitative estimate of drug-likeness (QED) is 0.794. The Morgan fingerprint density at radius 3 is 2.90 bits per heavy atom. The molecule has 0 bridgehead atoms. The van der Waals surface area contributed by atoms with Gasteiger partial charge in [0.15, 0.2) is 0 Å². The molecule has 21 heavy (non-hydrogen) atoms. The highest BCUT2D eigenvalue weighted by molar-refractivity contribution is 5.83. The second kappa shape index (κ2) is 5.13. The predicted molar refractivity (Wildman–Crippen MR) is 78.5 cm³/mol. The van der Waals surface area contributed by atoms with E-state index in [-0.39, 0.29) is 23.7 Å². The molecular weight excluding hydrogens is 266 g/mol. The smallest absolute Gasteiger partial charge is 0.250 e. The molecule has 0 saturated carbocycles. The fourth-order valence-electron chi connectivity index (χ4n) is 2.30. The third-order valence-electron chi connectivity index (χ3n) is 3.41. The summed E-state index contributed by atoms with van der Waals surface area (Å²) in [6.07, 6.45) is 3.51. The number of carbonyl (C=O) groups excluding carboxylic acids is 1. The van der Waals surface area contributed by atoms with Crippen molar-refractivity contribution in [3.05, 3.63) is 48.3 Å². The maximum Gasteiger partial charge on any atom is 0.250 e. The van der Waals surface area contributed by atoms with Gasteiger partial charge in [0.05, 0.1) is 6.20 Å². The highest BCUT2D eigenvalue weighted by atomic mass is 16.2. The Hall–Kier alpha value is -3.07. The van der Waals surface area contributed by atoms with Gasteiger partial charge in [0, 0.05) is 24.7 Å². The van der Waals surface area contributed by atoms with Crippen LogP contribution in [0.2, 0.25) is 0 Å². The summed E-state index contributed by atoms with van der Waals surface area (Å²) in [5, 5.41) is 13.8. The van der Waals surface area contributed by atoms with Crippen molar-refractivity contribution in [1.82, 2.24) is 14.3 Å². The van der Waals surface area contributed by atoms with Gasteiger partial charge in [-0.3, -0.25) is 4.79 Å². The van der Waals surface area contributed by atoms with E-state index in [1.807, 2.05) is 47.2 Å². The Morgan fingerprint density at radius 2 is 2.14 bits per heavy atom. The number of nitrogens with zero attached hydrogens (tertiary/aromatic N) is 4. The lowest BCUT2D eigenvalue weighted by Gasteiger charge is -2.06. The molecule has 0 aliphatic heterocycles. The minimum Gasteiger partial charge on any atom is -0.382 e. The summed E-state index contributed by atoms with van der Waals surface area (Å²) in [6.45, 7) is 0.535. The van der Waals surface area contributed by atoms with Crippen molar-refractivity contribution in [2.75, 3.05) is 5.73 Å². The molecule has 0 unspecified atom stereocenters. The number of aryl methyl sites for hydroxylation is 1. The summed E-state index contributed by atoms with van der Waals surface area (Å²) in [4.78, 5) is 12.1. The number of rotatable bonds is 3. The Labute approximate surface area is 121 Å². The summed E-state index contributed by atoms with van der Waals surface area (Å²) in [5.41, 5.74) is 7.00. The average Bonchev–Trinajstić information content (AvgIpc) is 3.08. The third-order valence-corrected chi connectivity index (χ3v) is 3.41. The van der Waals surface area contributed by atoms with E-state index in [0.29, 0.717) is 6.54 Å². The standard InChI is InChI=1S/C15H13N5O/c16-9-12-10-18-20(15(12)17)14(21)6-8-19-7-5-11-3-1-2-4-13(11)19/h1-5,7,10H,6,8,17H2. The van der Waals surface area contributed by atoms with Gasteiger partial charge >= 0.3 is 0 Å². The van der Waals surface area contributed by atoms with E-state index in [1.54, 1.807) is 0 Å². The molecule has 2 N–H and O–H groups in total. The van der Waals surface area contributed by atoms with Gasteiger partial charge in [0.2, 0.25) is 0 Å². The van der Waals surface area contributed by atoms with Gasteiger partial charge < -0.3 is 10.3 Å². The number of para-hydroxylation sites is 1. The molecule has 0 saturated heterocycles. The van der Waals surface area contributed by atoms with Crippen LogP contribution in [-0.2, 0) is 6.54 Å². The van der Waals surface area contributed by atoms with Gasteiger partial charge in [-0.25, -0.2) is 0 Å². The first kappa shape index (κ1) is 12.9. The van der Waals surface area contributed by atoms with Crippen molar-refractivity contribution < 1.29 is 4.79 Å². The van der Waals surface area contributed by atoms with E-state index in [1.165, 1.54) is 6.20 Å². The van der Waals surface area contributed by atoms with E-state index >= 15 is 0 Å². The van der Waals surface area contributed by atoms with Crippen LogP contribution in [0.25, 0.3) is 10.9 Å². The zero-order valence-corrected chi connectivity index (χ0v) is 11.2. The van der Waals surface area contributed by atoms with Gasteiger partial charge in [-0.2, -0.15) is 15.0 Å². The molecule has 2 aromatic heterocycles. The van der Waals surface area contributed by atoms with E-state index in [4.69, 9.17) is 11.0 Å². The Kier molecular flexibility index (Phi) is 3.16. The largest absolute Gasteiger partial charge is 0.382 e. The molecule has 0 spiro atoms. The molecule has 1 aromatic carbocycles. The lowest BCUT2D eigenvalue weighted by Crippen LogP contribution is -2.17. The van der Waals surface area contributed by atoms with E-state index in [2.05, 4.69) is 5.10 Å². The summed E-state index contributed by atoms with van der Waals surface area (Å²) >= 11 is 0. The van der Waals surface area contributed by atoms with E-state index in [9.17, 15) is 4.79 Å². The number of fused-ring (bicyclic) bond motifs is 1. The van der Waals surface area contributed by atoms with Crippen molar-refractivity contribution in [3.8, 4) is 6.07 Å². The first-order valence-electron chi connectivity index (χ1n) is 6.51. The molecule has 2 heterocycles. The number of aromatic nitrogens is 3. The average molecular weight is 279 g/mol. The maximum atomic E-state index is 12.1. The van der Waals surface area contributed by atoms with Crippen LogP contribution in [0.1, 0.15) is 16.8 Å². The predicted octanol–water partition coefficient (Wildman–Crippen LogP) is 2.02.